The summed E-state index contributed by atoms with van der Waals surface area (Å²) in [4.78, 5) is 13.0. The Morgan fingerprint density at radius 2 is 1.83 bits per heavy atom. The van der Waals surface area contributed by atoms with E-state index in [-0.39, 0.29) is 11.7 Å². The van der Waals surface area contributed by atoms with Crippen molar-refractivity contribution in [3.05, 3.63) is 54.1 Å². The number of hydrogen-bond acceptors (Lipinski definition) is 4. The highest BCUT2D eigenvalue weighted by molar-refractivity contribution is 8.00. The number of rotatable bonds is 7. The summed E-state index contributed by atoms with van der Waals surface area (Å²) in [5, 5.41) is 2.82. The van der Waals surface area contributed by atoms with Crippen LogP contribution in [0.5, 0.6) is 0 Å². The molecule has 0 aliphatic heterocycles. The molecule has 2 aromatic rings. The summed E-state index contributed by atoms with van der Waals surface area (Å²) in [5.74, 6) is 0.222. The van der Waals surface area contributed by atoms with Crippen molar-refractivity contribution >= 4 is 39.1 Å². The number of benzene rings is 2. The largest absolute Gasteiger partial charge is 0.325 e. The average molecular weight is 364 g/mol. The van der Waals surface area contributed by atoms with E-state index in [2.05, 4.69) is 10.0 Å². The first-order valence-corrected chi connectivity index (χ1v) is 10.1. The molecule has 5 nitrogen and oxygen atoms in total. The molecule has 2 N–H and O–H groups in total. The summed E-state index contributed by atoms with van der Waals surface area (Å²) in [7, 11) is -3.31. The van der Waals surface area contributed by atoms with Crippen LogP contribution in [-0.4, -0.2) is 25.8 Å². The van der Waals surface area contributed by atoms with Crippen LogP contribution in [0.3, 0.4) is 0 Å². The molecule has 0 aliphatic carbocycles. The van der Waals surface area contributed by atoms with Crippen molar-refractivity contribution in [2.24, 2.45) is 0 Å². The van der Waals surface area contributed by atoms with E-state index in [1.165, 1.54) is 11.8 Å². The van der Waals surface area contributed by atoms with Gasteiger partial charge in [0.25, 0.3) is 0 Å². The molecule has 0 saturated carbocycles. The molecule has 0 aliphatic rings. The molecule has 0 fully saturated rings. The van der Waals surface area contributed by atoms with E-state index in [0.717, 1.165) is 10.5 Å². The number of sulfonamides is 1. The summed E-state index contributed by atoms with van der Waals surface area (Å²) in [6, 6.07) is 14.8. The Morgan fingerprint density at radius 1 is 1.12 bits per heavy atom. The summed E-state index contributed by atoms with van der Waals surface area (Å²) >= 11 is 1.46. The van der Waals surface area contributed by atoms with Crippen LogP contribution in [0.15, 0.2) is 53.4 Å². The normalized spacial score (nSPS) is 11.1. The van der Waals surface area contributed by atoms with E-state index in [0.29, 0.717) is 17.1 Å². The van der Waals surface area contributed by atoms with Crippen LogP contribution >= 0.6 is 11.8 Å². The Hall–Kier alpha value is -1.99. The summed E-state index contributed by atoms with van der Waals surface area (Å²) < 4.78 is 25.8. The molecule has 0 heterocycles. The van der Waals surface area contributed by atoms with Gasteiger partial charge in [0.1, 0.15) is 0 Å². The molecular formula is C17H20N2O3S2. The number of nitrogens with one attached hydrogen (secondary N) is 2. The molecule has 2 rings (SSSR count). The molecule has 1 amide bonds. The molecule has 0 saturated heterocycles. The highest BCUT2D eigenvalue weighted by Crippen LogP contribution is 2.22. The Kier molecular flexibility index (Phi) is 6.28. The van der Waals surface area contributed by atoms with Crippen LogP contribution in [0.1, 0.15) is 12.5 Å². The number of aryl methyl sites for hydroxylation is 1. The van der Waals surface area contributed by atoms with Gasteiger partial charge in [-0.3, -0.25) is 9.52 Å². The number of amides is 1. The lowest BCUT2D eigenvalue weighted by molar-refractivity contribution is -0.113. The predicted octanol–water partition coefficient (Wildman–Crippen LogP) is 3.49. The molecule has 0 spiro atoms. The van der Waals surface area contributed by atoms with E-state index in [1.54, 1.807) is 32.0 Å². The van der Waals surface area contributed by atoms with E-state index < -0.39 is 10.0 Å². The van der Waals surface area contributed by atoms with Crippen molar-refractivity contribution in [2.45, 2.75) is 18.7 Å². The van der Waals surface area contributed by atoms with Crippen molar-refractivity contribution in [3.8, 4) is 0 Å². The number of carbonyl (C=O) groups is 1. The van der Waals surface area contributed by atoms with Gasteiger partial charge in [0, 0.05) is 10.6 Å². The third kappa shape index (κ3) is 5.58. The second-order valence-corrected chi connectivity index (χ2v) is 8.24. The van der Waals surface area contributed by atoms with Gasteiger partial charge in [-0.05, 0) is 49.7 Å². The minimum absolute atomic E-state index is 0.0155. The Labute approximate surface area is 146 Å². The van der Waals surface area contributed by atoms with Gasteiger partial charge in [-0.1, -0.05) is 18.2 Å². The SMILES string of the molecule is CCS(=O)(=O)Nc1ccc(NC(=O)CSc2ccccc2)cc1C. The minimum atomic E-state index is -3.31. The van der Waals surface area contributed by atoms with Crippen LogP contribution < -0.4 is 10.0 Å². The Bertz CT molecular complexity index is 806. The van der Waals surface area contributed by atoms with Gasteiger partial charge < -0.3 is 5.32 Å². The molecule has 24 heavy (non-hydrogen) atoms. The van der Waals surface area contributed by atoms with E-state index in [9.17, 15) is 13.2 Å². The van der Waals surface area contributed by atoms with Crippen molar-refractivity contribution in [2.75, 3.05) is 21.5 Å². The lowest BCUT2D eigenvalue weighted by Crippen LogP contribution is -2.16. The molecule has 0 atom stereocenters. The fraction of sp³-hybridized carbons (Fsp3) is 0.235. The predicted molar refractivity (Wildman–Crippen MR) is 100 cm³/mol. The second-order valence-electron chi connectivity index (χ2n) is 5.19. The van der Waals surface area contributed by atoms with Gasteiger partial charge in [0.15, 0.2) is 0 Å². The fourth-order valence-electron chi connectivity index (χ4n) is 1.96. The summed E-state index contributed by atoms with van der Waals surface area (Å²) in [5.41, 5.74) is 1.92. The lowest BCUT2D eigenvalue weighted by Gasteiger charge is -2.11. The first-order chi connectivity index (χ1) is 11.4. The fourth-order valence-corrected chi connectivity index (χ4v) is 3.39. The van der Waals surface area contributed by atoms with Gasteiger partial charge >= 0.3 is 0 Å². The standard InChI is InChI=1S/C17H20N2O3S2/c1-3-24(21,22)19-16-10-9-14(11-13(16)2)18-17(20)12-23-15-7-5-4-6-8-15/h4-11,19H,3,12H2,1-2H3,(H,18,20). The molecule has 0 bridgehead atoms. The van der Waals surface area contributed by atoms with Gasteiger partial charge in [-0.25, -0.2) is 8.42 Å². The Balaban J connectivity index is 1.95. The zero-order chi connectivity index (χ0) is 17.6. The summed E-state index contributed by atoms with van der Waals surface area (Å²) in [6.07, 6.45) is 0. The van der Waals surface area contributed by atoms with Crippen LogP contribution in [0.2, 0.25) is 0 Å². The van der Waals surface area contributed by atoms with Gasteiger partial charge in [0.2, 0.25) is 15.9 Å². The van der Waals surface area contributed by atoms with E-state index in [4.69, 9.17) is 0 Å². The van der Waals surface area contributed by atoms with Crippen LogP contribution in [0.25, 0.3) is 0 Å². The zero-order valence-electron chi connectivity index (χ0n) is 13.6. The summed E-state index contributed by atoms with van der Waals surface area (Å²) in [6.45, 7) is 3.37. The maximum atomic E-state index is 12.0. The quantitative estimate of drug-likeness (QED) is 0.738. The number of thioether (sulfide) groups is 1. The second kappa shape index (κ2) is 8.21. The molecule has 0 unspecified atom stereocenters. The van der Waals surface area contributed by atoms with Gasteiger partial charge in [-0.15, -0.1) is 11.8 Å². The monoisotopic (exact) mass is 364 g/mol. The maximum absolute atomic E-state index is 12.0. The van der Waals surface area contributed by atoms with Crippen LogP contribution in [-0.2, 0) is 14.8 Å². The number of hydrogen-bond donors (Lipinski definition) is 2. The van der Waals surface area contributed by atoms with Crippen LogP contribution in [0.4, 0.5) is 11.4 Å². The van der Waals surface area contributed by atoms with Crippen molar-refractivity contribution in [1.29, 1.82) is 0 Å². The van der Waals surface area contributed by atoms with Crippen molar-refractivity contribution < 1.29 is 13.2 Å². The number of carbonyl (C=O) groups excluding carboxylic acids is 1. The van der Waals surface area contributed by atoms with E-state index >= 15 is 0 Å². The molecule has 7 heteroatoms. The average Bonchev–Trinajstić information content (AvgIpc) is 2.56. The first-order valence-electron chi connectivity index (χ1n) is 7.48. The first kappa shape index (κ1) is 18.4. The van der Waals surface area contributed by atoms with Crippen LogP contribution in [0, 0.1) is 6.92 Å². The molecule has 2 aromatic carbocycles. The molecule has 0 aromatic heterocycles. The Morgan fingerprint density at radius 3 is 2.46 bits per heavy atom. The van der Waals surface area contributed by atoms with Crippen molar-refractivity contribution in [3.63, 3.8) is 0 Å². The van der Waals surface area contributed by atoms with Crippen molar-refractivity contribution in [1.82, 2.24) is 0 Å². The topological polar surface area (TPSA) is 75.3 Å². The van der Waals surface area contributed by atoms with E-state index in [1.807, 2.05) is 30.3 Å². The van der Waals surface area contributed by atoms with Gasteiger partial charge in [0.05, 0.1) is 17.2 Å². The third-order valence-corrected chi connectivity index (χ3v) is 5.57. The van der Waals surface area contributed by atoms with Gasteiger partial charge in [-0.2, -0.15) is 0 Å². The highest BCUT2D eigenvalue weighted by atomic mass is 32.2. The molecule has 128 valence electrons. The zero-order valence-corrected chi connectivity index (χ0v) is 15.2. The lowest BCUT2D eigenvalue weighted by atomic mass is 10.2. The molecular weight excluding hydrogens is 344 g/mol. The maximum Gasteiger partial charge on any atom is 0.234 e. The third-order valence-electron chi connectivity index (χ3n) is 3.27. The number of anilines is 2. The smallest absolute Gasteiger partial charge is 0.234 e. The highest BCUT2D eigenvalue weighted by Gasteiger charge is 2.10. The minimum Gasteiger partial charge on any atom is -0.325 e. The molecule has 0 radical (unpaired) electrons.